The first-order valence-corrected chi connectivity index (χ1v) is 7.10. The number of hydrogen-bond acceptors (Lipinski definition) is 4. The van der Waals surface area contributed by atoms with Crippen molar-refractivity contribution in [3.05, 3.63) is 18.6 Å². The van der Waals surface area contributed by atoms with Crippen molar-refractivity contribution in [2.75, 3.05) is 31.1 Å². The minimum atomic E-state index is 0.464. The molecule has 1 atom stereocenters. The molecule has 2 aliphatic heterocycles. The zero-order valence-electron chi connectivity index (χ0n) is 11.0. The smallest absolute Gasteiger partial charge is 0.142 e. The average Bonchev–Trinajstić information content (AvgIpc) is 3.07. The van der Waals surface area contributed by atoms with Gasteiger partial charge in [-0.15, -0.1) is 0 Å². The van der Waals surface area contributed by atoms with Gasteiger partial charge in [0.05, 0.1) is 5.39 Å². The second-order valence-corrected chi connectivity index (χ2v) is 5.89. The number of nitrogens with one attached hydrogen (secondary N) is 2. The molecule has 0 aliphatic carbocycles. The summed E-state index contributed by atoms with van der Waals surface area (Å²) in [6.45, 7) is 4.55. The van der Waals surface area contributed by atoms with Gasteiger partial charge in [-0.3, -0.25) is 0 Å². The van der Waals surface area contributed by atoms with Gasteiger partial charge in [0.25, 0.3) is 0 Å². The summed E-state index contributed by atoms with van der Waals surface area (Å²) in [7, 11) is 0. The molecule has 0 unspecified atom stereocenters. The van der Waals surface area contributed by atoms with E-state index in [1.54, 1.807) is 6.33 Å². The molecule has 2 fully saturated rings. The SMILES string of the molecule is c1nc(N2CCC[C@@]3(CCNC3)C2)c2cc[nH]c2n1. The number of nitrogens with zero attached hydrogens (tertiary/aromatic N) is 3. The standard InChI is InChI=1S/C14H19N5/c1-3-14(4-6-15-8-14)9-19(7-1)13-11-2-5-16-12(11)17-10-18-13/h2,5,10,15H,1,3-4,6-9H2,(H,16,17,18)/t14-/m0/s1. The normalized spacial score (nSPS) is 27.5. The quantitative estimate of drug-likeness (QED) is 0.813. The van der Waals surface area contributed by atoms with Crippen LogP contribution >= 0.6 is 0 Å². The fourth-order valence-corrected chi connectivity index (χ4v) is 3.64. The van der Waals surface area contributed by atoms with Gasteiger partial charge < -0.3 is 15.2 Å². The van der Waals surface area contributed by atoms with Crippen molar-refractivity contribution in [1.29, 1.82) is 0 Å². The molecule has 2 aliphatic rings. The van der Waals surface area contributed by atoms with Crippen molar-refractivity contribution < 1.29 is 0 Å². The van der Waals surface area contributed by atoms with Crippen LogP contribution < -0.4 is 10.2 Å². The summed E-state index contributed by atoms with van der Waals surface area (Å²) < 4.78 is 0. The third kappa shape index (κ3) is 1.80. The lowest BCUT2D eigenvalue weighted by Crippen LogP contribution is -2.44. The number of aromatic nitrogens is 3. The van der Waals surface area contributed by atoms with E-state index in [0.717, 1.165) is 43.0 Å². The van der Waals surface area contributed by atoms with Crippen LogP contribution in [-0.4, -0.2) is 41.1 Å². The van der Waals surface area contributed by atoms with Gasteiger partial charge in [0.2, 0.25) is 0 Å². The molecule has 4 heterocycles. The Labute approximate surface area is 112 Å². The maximum Gasteiger partial charge on any atom is 0.142 e. The fourth-order valence-electron chi connectivity index (χ4n) is 3.64. The van der Waals surface area contributed by atoms with Crippen molar-refractivity contribution in [3.63, 3.8) is 0 Å². The third-order valence-corrected chi connectivity index (χ3v) is 4.63. The molecular formula is C14H19N5. The molecule has 2 aromatic rings. The van der Waals surface area contributed by atoms with Gasteiger partial charge in [0, 0.05) is 31.2 Å². The van der Waals surface area contributed by atoms with E-state index in [2.05, 4.69) is 31.2 Å². The van der Waals surface area contributed by atoms with Gasteiger partial charge in [0.1, 0.15) is 17.8 Å². The minimum Gasteiger partial charge on any atom is -0.355 e. The topological polar surface area (TPSA) is 56.8 Å². The zero-order chi connectivity index (χ0) is 12.7. The number of aromatic amines is 1. The number of fused-ring (bicyclic) bond motifs is 1. The van der Waals surface area contributed by atoms with E-state index in [4.69, 9.17) is 0 Å². The molecule has 19 heavy (non-hydrogen) atoms. The second kappa shape index (κ2) is 4.20. The van der Waals surface area contributed by atoms with E-state index >= 15 is 0 Å². The molecule has 100 valence electrons. The molecule has 2 aromatic heterocycles. The van der Waals surface area contributed by atoms with Gasteiger partial charge in [-0.2, -0.15) is 0 Å². The number of H-pyrrole nitrogens is 1. The predicted octanol–water partition coefficient (Wildman–Crippen LogP) is 1.54. The Morgan fingerprint density at radius 1 is 1.26 bits per heavy atom. The van der Waals surface area contributed by atoms with E-state index in [1.165, 1.54) is 19.3 Å². The highest BCUT2D eigenvalue weighted by Gasteiger charge is 2.38. The highest BCUT2D eigenvalue weighted by atomic mass is 15.2. The van der Waals surface area contributed by atoms with E-state index in [1.807, 2.05) is 6.20 Å². The molecule has 2 N–H and O–H groups in total. The van der Waals surface area contributed by atoms with Crippen molar-refractivity contribution in [2.45, 2.75) is 19.3 Å². The molecule has 1 spiro atoms. The lowest BCUT2D eigenvalue weighted by atomic mass is 9.79. The fraction of sp³-hybridized carbons (Fsp3) is 0.571. The second-order valence-electron chi connectivity index (χ2n) is 5.89. The molecule has 2 saturated heterocycles. The molecule has 0 amide bonds. The summed E-state index contributed by atoms with van der Waals surface area (Å²) >= 11 is 0. The van der Waals surface area contributed by atoms with Crippen LogP contribution in [0.3, 0.4) is 0 Å². The van der Waals surface area contributed by atoms with Crippen LogP contribution in [0, 0.1) is 5.41 Å². The first-order valence-electron chi connectivity index (χ1n) is 7.10. The molecule has 4 rings (SSSR count). The van der Waals surface area contributed by atoms with E-state index < -0.39 is 0 Å². The maximum absolute atomic E-state index is 4.53. The van der Waals surface area contributed by atoms with Crippen molar-refractivity contribution >= 4 is 16.9 Å². The van der Waals surface area contributed by atoms with Gasteiger partial charge in [0.15, 0.2) is 0 Å². The first kappa shape index (κ1) is 11.2. The van der Waals surface area contributed by atoms with Crippen LogP contribution in [0.15, 0.2) is 18.6 Å². The van der Waals surface area contributed by atoms with Gasteiger partial charge in [-0.05, 0) is 31.9 Å². The van der Waals surface area contributed by atoms with Gasteiger partial charge >= 0.3 is 0 Å². The largest absolute Gasteiger partial charge is 0.355 e. The van der Waals surface area contributed by atoms with Gasteiger partial charge in [-0.1, -0.05) is 0 Å². The minimum absolute atomic E-state index is 0.464. The van der Waals surface area contributed by atoms with Crippen LogP contribution in [0.5, 0.6) is 0 Å². The number of piperidine rings is 1. The lowest BCUT2D eigenvalue weighted by Gasteiger charge is -2.40. The highest BCUT2D eigenvalue weighted by Crippen LogP contribution is 2.37. The Hall–Kier alpha value is -1.62. The van der Waals surface area contributed by atoms with E-state index in [9.17, 15) is 0 Å². The third-order valence-electron chi connectivity index (χ3n) is 4.63. The molecule has 0 radical (unpaired) electrons. The molecule has 5 nitrogen and oxygen atoms in total. The number of rotatable bonds is 1. The number of hydrogen-bond donors (Lipinski definition) is 2. The molecule has 0 aromatic carbocycles. The van der Waals surface area contributed by atoms with Crippen molar-refractivity contribution in [1.82, 2.24) is 20.3 Å². The summed E-state index contributed by atoms with van der Waals surface area (Å²) in [4.78, 5) is 14.4. The molecule has 0 bridgehead atoms. The Morgan fingerprint density at radius 2 is 2.26 bits per heavy atom. The Kier molecular flexibility index (Phi) is 2.48. The van der Waals surface area contributed by atoms with Crippen LogP contribution in [0.4, 0.5) is 5.82 Å². The summed E-state index contributed by atoms with van der Waals surface area (Å²) in [5, 5.41) is 4.67. The first-order chi connectivity index (χ1) is 9.36. The van der Waals surface area contributed by atoms with Crippen LogP contribution in [0.25, 0.3) is 11.0 Å². The van der Waals surface area contributed by atoms with Crippen molar-refractivity contribution in [2.24, 2.45) is 5.41 Å². The van der Waals surface area contributed by atoms with Crippen LogP contribution in [0.1, 0.15) is 19.3 Å². The average molecular weight is 257 g/mol. The predicted molar refractivity (Wildman–Crippen MR) is 75.3 cm³/mol. The summed E-state index contributed by atoms with van der Waals surface area (Å²) in [6.07, 6.45) is 7.52. The van der Waals surface area contributed by atoms with E-state index in [-0.39, 0.29) is 0 Å². The van der Waals surface area contributed by atoms with Gasteiger partial charge in [-0.25, -0.2) is 9.97 Å². The molecule has 5 heteroatoms. The van der Waals surface area contributed by atoms with E-state index in [0.29, 0.717) is 5.41 Å². The Morgan fingerprint density at radius 3 is 3.16 bits per heavy atom. The summed E-state index contributed by atoms with van der Waals surface area (Å²) in [5.74, 6) is 1.09. The summed E-state index contributed by atoms with van der Waals surface area (Å²) in [5.41, 5.74) is 1.40. The lowest BCUT2D eigenvalue weighted by molar-refractivity contribution is 0.260. The number of anilines is 1. The summed E-state index contributed by atoms with van der Waals surface area (Å²) in [6, 6.07) is 2.08. The Balaban J connectivity index is 1.70. The molecular weight excluding hydrogens is 238 g/mol. The zero-order valence-corrected chi connectivity index (χ0v) is 11.0. The van der Waals surface area contributed by atoms with Crippen LogP contribution in [-0.2, 0) is 0 Å². The van der Waals surface area contributed by atoms with Crippen molar-refractivity contribution in [3.8, 4) is 0 Å². The molecule has 0 saturated carbocycles. The Bertz CT molecular complexity index is 584. The maximum atomic E-state index is 4.53. The van der Waals surface area contributed by atoms with Crippen LogP contribution in [0.2, 0.25) is 0 Å². The highest BCUT2D eigenvalue weighted by molar-refractivity contribution is 5.87. The monoisotopic (exact) mass is 257 g/mol.